The smallest absolute Gasteiger partial charge is 0.0681 e. The summed E-state index contributed by atoms with van der Waals surface area (Å²) in [6.45, 7) is 3.62. The van der Waals surface area contributed by atoms with Crippen molar-refractivity contribution in [1.29, 1.82) is 0 Å². The summed E-state index contributed by atoms with van der Waals surface area (Å²) in [4.78, 5) is 10.0. The molecule has 8 aromatic rings. The Kier molecular flexibility index (Phi) is 8.36. The molecule has 0 aliphatic carbocycles. The lowest BCUT2D eigenvalue weighted by Crippen LogP contribution is -2.44. The summed E-state index contributed by atoms with van der Waals surface area (Å²) < 4.78 is 4.66. The Balaban J connectivity index is 1.13. The van der Waals surface area contributed by atoms with Crippen molar-refractivity contribution >= 4 is 66.8 Å². The number of aromatic nitrogens is 4. The highest BCUT2D eigenvalue weighted by Gasteiger charge is 2.27. The van der Waals surface area contributed by atoms with Crippen LogP contribution in [0.15, 0.2) is 122 Å². The second-order valence-electron chi connectivity index (χ2n) is 13.3. The zero-order valence-electron chi connectivity index (χ0n) is 27.4. The lowest BCUT2D eigenvalue weighted by Gasteiger charge is -2.29. The summed E-state index contributed by atoms with van der Waals surface area (Å²) in [5.74, 6) is 0. The van der Waals surface area contributed by atoms with Crippen molar-refractivity contribution in [1.82, 2.24) is 19.1 Å². The number of halogens is 2. The zero-order valence-corrected chi connectivity index (χ0v) is 28.9. The number of nitrogens with two attached hydrogens (primary N) is 1. The second-order valence-corrected chi connectivity index (χ2v) is 14.2. The maximum atomic E-state index is 7.31. The zero-order chi connectivity index (χ0) is 33.5. The molecule has 2 N–H and O–H groups in total. The Morgan fingerprint density at radius 3 is 1.49 bits per heavy atom. The minimum Gasteiger partial charge on any atom is -0.335 e. The molecule has 0 fully saturated rings. The number of para-hydroxylation sites is 2. The number of hydrogen-bond acceptors (Lipinski definition) is 3. The highest BCUT2D eigenvalue weighted by Crippen LogP contribution is 2.33. The molecule has 0 atom stereocenters. The first-order chi connectivity index (χ1) is 23.9. The van der Waals surface area contributed by atoms with Crippen LogP contribution in [0.4, 0.5) is 0 Å². The van der Waals surface area contributed by atoms with Crippen LogP contribution in [0.5, 0.6) is 0 Å². The average molecular weight is 683 g/mol. The second kappa shape index (κ2) is 13.0. The fourth-order valence-corrected chi connectivity index (χ4v) is 8.03. The number of fused-ring (bicyclic) bond motifs is 6. The van der Waals surface area contributed by atoms with E-state index in [1.165, 1.54) is 32.6 Å². The minimum absolute atomic E-state index is 0.506. The van der Waals surface area contributed by atoms with Gasteiger partial charge in [-0.15, -0.1) is 0 Å². The van der Waals surface area contributed by atoms with E-state index < -0.39 is 5.54 Å². The number of hydrogen-bond donors (Lipinski definition) is 1. The largest absolute Gasteiger partial charge is 0.335 e. The van der Waals surface area contributed by atoms with Crippen LogP contribution in [0, 0.1) is 0 Å². The van der Waals surface area contributed by atoms with Crippen LogP contribution in [0.2, 0.25) is 10.0 Å². The highest BCUT2D eigenvalue weighted by molar-refractivity contribution is 6.31. The van der Waals surface area contributed by atoms with Crippen molar-refractivity contribution in [3.8, 4) is 0 Å². The maximum Gasteiger partial charge on any atom is 0.0681 e. The third kappa shape index (κ3) is 6.19. The van der Waals surface area contributed by atoms with Gasteiger partial charge in [-0.3, -0.25) is 9.97 Å². The SMILES string of the molecule is CCCC(N)(Cc1cc2c3ccccc3n(Cc3cccc(Cl)c3)c2cn1)Cc1cc2c3ccccc3n(Cc3cccc(Cl)c3)c2cn1. The molecule has 0 radical (unpaired) electrons. The molecule has 244 valence electrons. The van der Waals surface area contributed by atoms with Crippen LogP contribution in [0.1, 0.15) is 42.3 Å². The quantitative estimate of drug-likeness (QED) is 0.156. The predicted molar refractivity (Wildman–Crippen MR) is 205 cm³/mol. The predicted octanol–water partition coefficient (Wildman–Crippen LogP) is 10.4. The molecule has 0 saturated heterocycles. The first-order valence-corrected chi connectivity index (χ1v) is 17.6. The molecular weight excluding hydrogens is 645 g/mol. The van der Waals surface area contributed by atoms with E-state index in [0.29, 0.717) is 25.9 Å². The molecule has 0 aliphatic heterocycles. The van der Waals surface area contributed by atoms with E-state index in [1.807, 2.05) is 48.8 Å². The van der Waals surface area contributed by atoms with Crippen LogP contribution in [-0.2, 0) is 25.9 Å². The van der Waals surface area contributed by atoms with Crippen molar-refractivity contribution in [3.05, 3.63) is 154 Å². The van der Waals surface area contributed by atoms with Gasteiger partial charge in [0.15, 0.2) is 0 Å². The van der Waals surface area contributed by atoms with Crippen LogP contribution in [0.3, 0.4) is 0 Å². The Morgan fingerprint density at radius 2 is 1.04 bits per heavy atom. The van der Waals surface area contributed by atoms with Gasteiger partial charge < -0.3 is 14.9 Å². The highest BCUT2D eigenvalue weighted by atomic mass is 35.5. The lowest BCUT2D eigenvalue weighted by molar-refractivity contribution is 0.376. The maximum absolute atomic E-state index is 7.31. The summed E-state index contributed by atoms with van der Waals surface area (Å²) >= 11 is 12.7. The van der Waals surface area contributed by atoms with Gasteiger partial charge in [-0.1, -0.05) is 97.2 Å². The van der Waals surface area contributed by atoms with Gasteiger partial charge in [0.25, 0.3) is 0 Å². The van der Waals surface area contributed by atoms with E-state index >= 15 is 0 Å². The lowest BCUT2D eigenvalue weighted by atomic mass is 9.84. The third-order valence-corrected chi connectivity index (χ3v) is 10.2. The van der Waals surface area contributed by atoms with Gasteiger partial charge in [-0.25, -0.2) is 0 Å². The third-order valence-electron chi connectivity index (χ3n) is 9.70. The molecule has 0 saturated carbocycles. The summed E-state index contributed by atoms with van der Waals surface area (Å²) in [6.07, 6.45) is 7.17. The fourth-order valence-electron chi connectivity index (χ4n) is 7.61. The van der Waals surface area contributed by atoms with Gasteiger partial charge in [-0.05, 0) is 66.1 Å². The number of benzene rings is 4. The molecule has 0 amide bonds. The van der Waals surface area contributed by atoms with E-state index in [-0.39, 0.29) is 0 Å². The standard InChI is InChI=1S/C42H37Cl2N5/c1-2-17-42(45,22-32-20-36-34-13-3-5-15-38(34)48(40(36)24-46-32)26-28-9-7-11-30(43)18-28)23-33-21-37-35-14-4-6-16-39(35)49(41(37)25-47-33)27-29-10-8-12-31(44)19-29/h3-16,18-21,24-25H,2,17,22-23,26-27,45H2,1H3. The Morgan fingerprint density at radius 1 is 0.571 bits per heavy atom. The van der Waals surface area contributed by atoms with Crippen LogP contribution >= 0.6 is 23.2 Å². The van der Waals surface area contributed by atoms with Crippen LogP contribution < -0.4 is 5.73 Å². The first kappa shape index (κ1) is 31.6. The van der Waals surface area contributed by atoms with Gasteiger partial charge >= 0.3 is 0 Å². The normalized spacial score (nSPS) is 12.2. The van der Waals surface area contributed by atoms with E-state index in [2.05, 4.69) is 88.9 Å². The minimum atomic E-state index is -0.506. The molecule has 49 heavy (non-hydrogen) atoms. The molecule has 8 rings (SSSR count). The van der Waals surface area contributed by atoms with Gasteiger partial charge in [0.2, 0.25) is 0 Å². The number of rotatable bonds is 10. The van der Waals surface area contributed by atoms with E-state index in [0.717, 1.165) is 56.4 Å². The number of nitrogens with zero attached hydrogens (tertiary/aromatic N) is 4. The van der Waals surface area contributed by atoms with Gasteiger partial charge in [0, 0.05) is 85.5 Å². The summed E-state index contributed by atoms with van der Waals surface area (Å²) in [5.41, 5.74) is 15.7. The van der Waals surface area contributed by atoms with Crippen molar-refractivity contribution < 1.29 is 0 Å². The van der Waals surface area contributed by atoms with Crippen molar-refractivity contribution in [2.75, 3.05) is 0 Å². The van der Waals surface area contributed by atoms with Gasteiger partial charge in [0.1, 0.15) is 0 Å². The Labute approximate surface area is 295 Å². The van der Waals surface area contributed by atoms with Crippen molar-refractivity contribution in [2.45, 2.75) is 51.2 Å². The summed E-state index contributed by atoms with van der Waals surface area (Å²) in [6, 6.07) is 37.7. The van der Waals surface area contributed by atoms with Gasteiger partial charge in [0.05, 0.1) is 23.4 Å². The molecule has 0 aliphatic rings. The van der Waals surface area contributed by atoms with E-state index in [1.54, 1.807) is 0 Å². The monoisotopic (exact) mass is 681 g/mol. The fraction of sp³-hybridized carbons (Fsp3) is 0.190. The number of pyridine rings is 2. The Hall–Kier alpha value is -4.68. The molecule has 4 heterocycles. The molecule has 7 heteroatoms. The molecular formula is C42H37Cl2N5. The van der Waals surface area contributed by atoms with Gasteiger partial charge in [-0.2, -0.15) is 0 Å². The molecule has 4 aromatic carbocycles. The first-order valence-electron chi connectivity index (χ1n) is 16.9. The van der Waals surface area contributed by atoms with Crippen LogP contribution in [0.25, 0.3) is 43.6 Å². The average Bonchev–Trinajstić information content (AvgIpc) is 3.56. The molecule has 5 nitrogen and oxygen atoms in total. The molecule has 0 spiro atoms. The summed E-state index contributed by atoms with van der Waals surface area (Å²) in [7, 11) is 0. The topological polar surface area (TPSA) is 61.7 Å². The van der Waals surface area contributed by atoms with E-state index in [9.17, 15) is 0 Å². The van der Waals surface area contributed by atoms with E-state index in [4.69, 9.17) is 38.9 Å². The Bertz CT molecular complexity index is 2310. The van der Waals surface area contributed by atoms with Crippen molar-refractivity contribution in [3.63, 3.8) is 0 Å². The van der Waals surface area contributed by atoms with Crippen LogP contribution in [-0.4, -0.2) is 24.6 Å². The molecule has 0 bridgehead atoms. The molecule has 0 unspecified atom stereocenters. The summed E-state index contributed by atoms with van der Waals surface area (Å²) in [5, 5.41) is 6.28. The molecule has 4 aromatic heterocycles. The van der Waals surface area contributed by atoms with Crippen molar-refractivity contribution in [2.24, 2.45) is 5.73 Å².